The first kappa shape index (κ1) is 20.6. The minimum absolute atomic E-state index is 0.0116. The third-order valence-electron chi connectivity index (χ3n) is 4.06. The quantitative estimate of drug-likeness (QED) is 0.438. The molecule has 2 heterocycles. The van der Waals surface area contributed by atoms with Gasteiger partial charge < -0.3 is 19.9 Å². The summed E-state index contributed by atoms with van der Waals surface area (Å²) in [5, 5.41) is 15.9. The van der Waals surface area contributed by atoms with Crippen LogP contribution in [0.1, 0.15) is 5.56 Å². The van der Waals surface area contributed by atoms with E-state index in [2.05, 4.69) is 10.1 Å². The van der Waals surface area contributed by atoms with Gasteiger partial charge in [-0.3, -0.25) is 14.8 Å². The van der Waals surface area contributed by atoms with Gasteiger partial charge in [-0.05, 0) is 17.7 Å². The monoisotopic (exact) mass is 413 g/mol. The molecule has 3 rings (SSSR count). The van der Waals surface area contributed by atoms with Crippen molar-refractivity contribution in [2.24, 2.45) is 12.8 Å². The van der Waals surface area contributed by atoms with Crippen molar-refractivity contribution in [1.82, 2.24) is 14.8 Å². The Morgan fingerprint density at radius 1 is 1.27 bits per heavy atom. The van der Waals surface area contributed by atoms with Crippen molar-refractivity contribution in [3.63, 3.8) is 0 Å². The molecule has 0 atom stereocenters. The van der Waals surface area contributed by atoms with Crippen LogP contribution in [0.3, 0.4) is 0 Å². The van der Waals surface area contributed by atoms with Crippen LogP contribution < -0.4 is 19.9 Å². The maximum absolute atomic E-state index is 11.5. The minimum atomic E-state index is -0.979. The molecule has 0 fully saturated rings. The van der Waals surface area contributed by atoms with Crippen LogP contribution in [0.2, 0.25) is 0 Å². The number of hydrogen-bond acceptors (Lipinski definition) is 8. The third kappa shape index (κ3) is 4.82. The second-order valence-corrected chi connectivity index (χ2v) is 6.16. The summed E-state index contributed by atoms with van der Waals surface area (Å²) in [5.41, 5.74) is 6.53. The van der Waals surface area contributed by atoms with Crippen LogP contribution in [0.15, 0.2) is 42.6 Å². The zero-order valence-electron chi connectivity index (χ0n) is 16.3. The molecule has 2 N–H and O–H groups in total. The number of rotatable bonds is 8. The van der Waals surface area contributed by atoms with E-state index in [1.807, 2.05) is 0 Å². The number of nitrogens with two attached hydrogens (primary N) is 1. The van der Waals surface area contributed by atoms with E-state index in [0.29, 0.717) is 23.2 Å². The van der Waals surface area contributed by atoms with E-state index in [9.17, 15) is 14.9 Å². The molecule has 11 heteroatoms. The van der Waals surface area contributed by atoms with Gasteiger partial charge in [-0.15, -0.1) is 0 Å². The van der Waals surface area contributed by atoms with E-state index in [1.165, 1.54) is 19.2 Å². The smallest absolute Gasteiger partial charge is 0.411 e. The van der Waals surface area contributed by atoms with Gasteiger partial charge in [0.1, 0.15) is 0 Å². The lowest BCUT2D eigenvalue weighted by molar-refractivity contribution is -0.385. The number of methoxy groups -OCH3 is 1. The number of hydrogen-bond donors (Lipinski definition) is 1. The maximum Gasteiger partial charge on any atom is 0.411 e. The van der Waals surface area contributed by atoms with Crippen molar-refractivity contribution in [2.45, 2.75) is 6.42 Å². The average Bonchev–Trinajstić information content (AvgIpc) is 3.13. The van der Waals surface area contributed by atoms with Crippen LogP contribution >= 0.6 is 0 Å². The molecule has 156 valence electrons. The van der Waals surface area contributed by atoms with Crippen LogP contribution in [0.5, 0.6) is 17.5 Å². The maximum atomic E-state index is 11.5. The van der Waals surface area contributed by atoms with Gasteiger partial charge >= 0.3 is 11.8 Å². The summed E-state index contributed by atoms with van der Waals surface area (Å²) in [6.07, 6.45) is 1.11. The zero-order chi connectivity index (χ0) is 21.7. The number of nitro groups is 1. The Bertz CT molecular complexity index is 1080. The molecule has 0 saturated heterocycles. The van der Waals surface area contributed by atoms with Gasteiger partial charge in [-0.2, -0.15) is 10.1 Å². The number of aryl methyl sites for hydroxylation is 1. The lowest BCUT2D eigenvalue weighted by Gasteiger charge is -2.11. The fraction of sp³-hybridized carbons (Fsp3) is 0.211. The Morgan fingerprint density at radius 2 is 2.03 bits per heavy atom. The van der Waals surface area contributed by atoms with Crippen LogP contribution in [0, 0.1) is 10.1 Å². The highest BCUT2D eigenvalue weighted by Crippen LogP contribution is 2.38. The number of carbonyl (C=O) groups is 1. The second-order valence-electron chi connectivity index (χ2n) is 6.16. The Balaban J connectivity index is 1.81. The largest absolute Gasteiger partial charge is 0.490 e. The summed E-state index contributed by atoms with van der Waals surface area (Å²) in [5.74, 6) is 0.376. The molecular formula is C19H19N5O6. The van der Waals surface area contributed by atoms with Crippen LogP contribution in [0.25, 0.3) is 11.3 Å². The first-order valence-electron chi connectivity index (χ1n) is 8.80. The van der Waals surface area contributed by atoms with Crippen LogP contribution in [-0.4, -0.2) is 39.5 Å². The normalized spacial score (nSPS) is 10.5. The number of nitrogens with zero attached hydrogens (tertiary/aromatic N) is 4. The summed E-state index contributed by atoms with van der Waals surface area (Å²) in [6.45, 7) is 0.179. The van der Waals surface area contributed by atoms with Gasteiger partial charge in [0.05, 0.1) is 29.9 Å². The Kier molecular flexibility index (Phi) is 6.11. The van der Waals surface area contributed by atoms with Gasteiger partial charge in [0.25, 0.3) is 0 Å². The number of primary amides is 1. The lowest BCUT2D eigenvalue weighted by Crippen LogP contribution is -2.17. The molecule has 0 bridgehead atoms. The molecular weight excluding hydrogens is 394 g/mol. The first-order valence-corrected chi connectivity index (χ1v) is 8.80. The fourth-order valence-electron chi connectivity index (χ4n) is 2.82. The van der Waals surface area contributed by atoms with Crippen LogP contribution in [0.4, 0.5) is 10.5 Å². The highest BCUT2D eigenvalue weighted by atomic mass is 16.6. The standard InChI is InChI=1S/C19H19N5O6/c1-23-8-6-14(22-23)13-10-12(11-15(24(26)27)18(13)28-2)7-9-29-16-4-3-5-17(21-16)30-19(20)25/h3-6,8,10-11H,7,9H2,1-2H3,(H2,20,25). The van der Waals surface area contributed by atoms with E-state index in [-0.39, 0.29) is 29.8 Å². The number of pyridine rings is 1. The third-order valence-corrected chi connectivity index (χ3v) is 4.06. The summed E-state index contributed by atoms with van der Waals surface area (Å²) in [6, 6.07) is 9.60. The molecule has 0 aliphatic carbocycles. The summed E-state index contributed by atoms with van der Waals surface area (Å²) >= 11 is 0. The molecule has 0 aliphatic heterocycles. The number of benzene rings is 1. The number of aromatic nitrogens is 3. The molecule has 0 radical (unpaired) electrons. The topological polar surface area (TPSA) is 145 Å². The van der Waals surface area contributed by atoms with Gasteiger partial charge in [0, 0.05) is 37.9 Å². The van der Waals surface area contributed by atoms with E-state index >= 15 is 0 Å². The summed E-state index contributed by atoms with van der Waals surface area (Å²) in [4.78, 5) is 25.9. The highest BCUT2D eigenvalue weighted by Gasteiger charge is 2.23. The summed E-state index contributed by atoms with van der Waals surface area (Å²) in [7, 11) is 3.13. The average molecular weight is 413 g/mol. The lowest BCUT2D eigenvalue weighted by atomic mass is 10.0. The van der Waals surface area contributed by atoms with Gasteiger partial charge in [0.15, 0.2) is 0 Å². The molecule has 0 saturated carbocycles. The molecule has 0 unspecified atom stereocenters. The predicted octanol–water partition coefficient (Wildman–Crippen LogP) is 2.48. The number of ether oxygens (including phenoxy) is 3. The number of carbonyl (C=O) groups excluding carboxylic acids is 1. The Morgan fingerprint density at radius 3 is 2.67 bits per heavy atom. The molecule has 3 aromatic rings. The fourth-order valence-corrected chi connectivity index (χ4v) is 2.82. The Labute approximate surface area is 171 Å². The molecule has 1 amide bonds. The molecule has 0 spiro atoms. The number of nitro benzene ring substituents is 1. The molecule has 1 aromatic carbocycles. The van der Waals surface area contributed by atoms with Crippen molar-refractivity contribution in [3.8, 4) is 28.8 Å². The zero-order valence-corrected chi connectivity index (χ0v) is 16.3. The van der Waals surface area contributed by atoms with Crippen molar-refractivity contribution in [3.05, 3.63) is 58.3 Å². The predicted molar refractivity (Wildman–Crippen MR) is 105 cm³/mol. The van der Waals surface area contributed by atoms with E-state index < -0.39 is 11.0 Å². The van der Waals surface area contributed by atoms with Crippen molar-refractivity contribution in [2.75, 3.05) is 13.7 Å². The number of amides is 1. The second kappa shape index (κ2) is 8.90. The van der Waals surface area contributed by atoms with Crippen molar-refractivity contribution < 1.29 is 23.9 Å². The Hall–Kier alpha value is -4.15. The van der Waals surface area contributed by atoms with Crippen LogP contribution in [-0.2, 0) is 13.5 Å². The molecule has 30 heavy (non-hydrogen) atoms. The van der Waals surface area contributed by atoms with Crippen molar-refractivity contribution >= 4 is 11.8 Å². The highest BCUT2D eigenvalue weighted by molar-refractivity contribution is 5.74. The first-order chi connectivity index (χ1) is 14.4. The van der Waals surface area contributed by atoms with Gasteiger partial charge in [-0.1, -0.05) is 6.07 Å². The SMILES string of the molecule is COc1c(-c2ccn(C)n2)cc(CCOc2cccc(OC(N)=O)n2)cc1[N+](=O)[O-]. The van der Waals surface area contributed by atoms with E-state index in [0.717, 1.165) is 0 Å². The van der Waals surface area contributed by atoms with Crippen molar-refractivity contribution in [1.29, 1.82) is 0 Å². The molecule has 2 aromatic heterocycles. The molecule has 11 nitrogen and oxygen atoms in total. The minimum Gasteiger partial charge on any atom is -0.490 e. The molecule has 0 aliphatic rings. The van der Waals surface area contributed by atoms with E-state index in [1.54, 1.807) is 42.2 Å². The van der Waals surface area contributed by atoms with E-state index in [4.69, 9.17) is 19.9 Å². The van der Waals surface area contributed by atoms with Gasteiger partial charge in [0.2, 0.25) is 17.5 Å². The van der Waals surface area contributed by atoms with Gasteiger partial charge in [-0.25, -0.2) is 4.79 Å². The summed E-state index contributed by atoms with van der Waals surface area (Å²) < 4.78 is 17.2.